The Morgan fingerprint density at radius 1 is 1.29 bits per heavy atom. The minimum Gasteiger partial charge on any atom is -0.378 e. The Morgan fingerprint density at radius 3 is 2.86 bits per heavy atom. The monoisotopic (exact) mass is 307 g/mol. The SMILES string of the molecule is Cc1nn(C)c2nc(N[C@H]3COC[C@@H]3N3CCCC3)sc12. The van der Waals surface area contributed by atoms with E-state index in [1.54, 1.807) is 11.3 Å². The van der Waals surface area contributed by atoms with Crippen LogP contribution in [0, 0.1) is 6.92 Å². The van der Waals surface area contributed by atoms with Gasteiger partial charge in [-0.05, 0) is 32.9 Å². The molecule has 4 rings (SSSR count). The fourth-order valence-corrected chi connectivity index (χ4v) is 4.41. The summed E-state index contributed by atoms with van der Waals surface area (Å²) < 4.78 is 8.75. The molecule has 4 heterocycles. The number of aryl methyl sites for hydroxylation is 2. The summed E-state index contributed by atoms with van der Waals surface area (Å²) in [6.45, 7) is 6.05. The minimum atomic E-state index is 0.344. The summed E-state index contributed by atoms with van der Waals surface area (Å²) in [5.41, 5.74) is 2.02. The Morgan fingerprint density at radius 2 is 2.10 bits per heavy atom. The summed E-state index contributed by atoms with van der Waals surface area (Å²) in [5, 5.41) is 8.99. The molecule has 2 aromatic heterocycles. The second kappa shape index (κ2) is 5.23. The van der Waals surface area contributed by atoms with Crippen molar-refractivity contribution in [2.24, 2.45) is 7.05 Å². The van der Waals surface area contributed by atoms with Crippen molar-refractivity contribution in [3.8, 4) is 0 Å². The van der Waals surface area contributed by atoms with E-state index in [-0.39, 0.29) is 0 Å². The molecule has 2 atom stereocenters. The van der Waals surface area contributed by atoms with Crippen LogP contribution in [-0.4, -0.2) is 58.1 Å². The number of hydrogen-bond donors (Lipinski definition) is 1. The zero-order chi connectivity index (χ0) is 14.4. The van der Waals surface area contributed by atoms with Crippen LogP contribution >= 0.6 is 11.3 Å². The fraction of sp³-hybridized carbons (Fsp3) is 0.714. The van der Waals surface area contributed by atoms with Crippen LogP contribution in [0.2, 0.25) is 0 Å². The topological polar surface area (TPSA) is 55.2 Å². The smallest absolute Gasteiger partial charge is 0.185 e. The van der Waals surface area contributed by atoms with E-state index < -0.39 is 0 Å². The van der Waals surface area contributed by atoms with Crippen LogP contribution in [0.3, 0.4) is 0 Å². The predicted octanol–water partition coefficient (Wildman–Crippen LogP) is 1.61. The first-order chi connectivity index (χ1) is 10.2. The van der Waals surface area contributed by atoms with Crippen LogP contribution in [0.4, 0.5) is 5.13 Å². The summed E-state index contributed by atoms with van der Waals surface area (Å²) in [5.74, 6) is 0. The van der Waals surface area contributed by atoms with Crippen LogP contribution in [0.15, 0.2) is 0 Å². The third kappa shape index (κ3) is 2.33. The molecule has 1 N–H and O–H groups in total. The van der Waals surface area contributed by atoms with Gasteiger partial charge in [0.25, 0.3) is 0 Å². The highest BCUT2D eigenvalue weighted by atomic mass is 32.1. The van der Waals surface area contributed by atoms with Crippen LogP contribution in [0.5, 0.6) is 0 Å². The predicted molar refractivity (Wildman–Crippen MR) is 83.9 cm³/mol. The number of likely N-dealkylation sites (tertiary alicyclic amines) is 1. The van der Waals surface area contributed by atoms with E-state index in [2.05, 4.69) is 15.3 Å². The Bertz CT molecular complexity index is 611. The van der Waals surface area contributed by atoms with Crippen molar-refractivity contribution in [3.05, 3.63) is 5.69 Å². The molecule has 6 nitrogen and oxygen atoms in total. The number of thiazole rings is 1. The molecule has 0 spiro atoms. The quantitative estimate of drug-likeness (QED) is 0.934. The molecule has 0 aliphatic carbocycles. The third-order valence-electron chi connectivity index (χ3n) is 4.51. The molecular weight excluding hydrogens is 286 g/mol. The molecule has 0 radical (unpaired) electrons. The minimum absolute atomic E-state index is 0.344. The van der Waals surface area contributed by atoms with Crippen LogP contribution in [0.25, 0.3) is 10.3 Å². The van der Waals surface area contributed by atoms with Gasteiger partial charge < -0.3 is 10.1 Å². The lowest BCUT2D eigenvalue weighted by Crippen LogP contribution is -2.44. The molecule has 114 valence electrons. The molecule has 0 saturated carbocycles. The summed E-state index contributed by atoms with van der Waals surface area (Å²) in [4.78, 5) is 7.25. The molecule has 7 heteroatoms. The summed E-state index contributed by atoms with van der Waals surface area (Å²) >= 11 is 1.70. The number of rotatable bonds is 3. The molecule has 0 unspecified atom stereocenters. The number of hydrogen-bond acceptors (Lipinski definition) is 6. The molecule has 2 saturated heterocycles. The highest BCUT2D eigenvalue weighted by Gasteiger charge is 2.34. The standard InChI is InChI=1S/C14H21N5OS/c1-9-12-13(18(2)17-9)16-14(21-12)15-10-7-20-8-11(10)19-5-3-4-6-19/h10-11H,3-8H2,1-2H3,(H,15,16)/t10-,11-/m0/s1. The fourth-order valence-electron chi connectivity index (χ4n) is 3.42. The van der Waals surface area contributed by atoms with Crippen LogP contribution < -0.4 is 5.32 Å². The first-order valence-electron chi connectivity index (χ1n) is 7.61. The van der Waals surface area contributed by atoms with Gasteiger partial charge in [0.2, 0.25) is 0 Å². The third-order valence-corrected chi connectivity index (χ3v) is 5.60. The number of aromatic nitrogens is 3. The largest absolute Gasteiger partial charge is 0.378 e. The molecule has 0 bridgehead atoms. The van der Waals surface area contributed by atoms with E-state index in [9.17, 15) is 0 Å². The first-order valence-corrected chi connectivity index (χ1v) is 8.42. The zero-order valence-electron chi connectivity index (χ0n) is 12.5. The van der Waals surface area contributed by atoms with Crippen LogP contribution in [-0.2, 0) is 11.8 Å². The van der Waals surface area contributed by atoms with Gasteiger partial charge in [-0.2, -0.15) is 5.10 Å². The van der Waals surface area contributed by atoms with Gasteiger partial charge in [-0.1, -0.05) is 11.3 Å². The number of nitrogens with zero attached hydrogens (tertiary/aromatic N) is 4. The maximum absolute atomic E-state index is 5.71. The molecule has 21 heavy (non-hydrogen) atoms. The summed E-state index contributed by atoms with van der Waals surface area (Å²) in [7, 11) is 1.95. The van der Waals surface area contributed by atoms with E-state index >= 15 is 0 Å². The van der Waals surface area contributed by atoms with E-state index in [1.165, 1.54) is 30.6 Å². The maximum Gasteiger partial charge on any atom is 0.185 e. The van der Waals surface area contributed by atoms with Gasteiger partial charge in [-0.15, -0.1) is 0 Å². The van der Waals surface area contributed by atoms with Crippen molar-refractivity contribution in [2.45, 2.75) is 31.8 Å². The lowest BCUT2D eigenvalue weighted by atomic mass is 10.1. The molecule has 2 fully saturated rings. The number of anilines is 1. The molecule has 0 aromatic carbocycles. The second-order valence-electron chi connectivity index (χ2n) is 5.98. The van der Waals surface area contributed by atoms with Crippen molar-refractivity contribution in [2.75, 3.05) is 31.6 Å². The van der Waals surface area contributed by atoms with Gasteiger partial charge in [0, 0.05) is 7.05 Å². The average Bonchev–Trinajstić information content (AvgIpc) is 3.19. The normalized spacial score (nSPS) is 27.0. The van der Waals surface area contributed by atoms with Gasteiger partial charge in [0.1, 0.15) is 0 Å². The Kier molecular flexibility index (Phi) is 3.35. The van der Waals surface area contributed by atoms with E-state index in [4.69, 9.17) is 9.72 Å². The molecule has 0 amide bonds. The average molecular weight is 307 g/mol. The van der Waals surface area contributed by atoms with Crippen molar-refractivity contribution in [1.29, 1.82) is 0 Å². The maximum atomic E-state index is 5.71. The van der Waals surface area contributed by atoms with Crippen LogP contribution in [0.1, 0.15) is 18.5 Å². The zero-order valence-corrected chi connectivity index (χ0v) is 13.3. The van der Waals surface area contributed by atoms with Crippen molar-refractivity contribution in [1.82, 2.24) is 19.7 Å². The molecular formula is C14H21N5OS. The van der Waals surface area contributed by atoms with Gasteiger partial charge in [-0.3, -0.25) is 4.90 Å². The Balaban J connectivity index is 1.54. The van der Waals surface area contributed by atoms with Crippen molar-refractivity contribution >= 4 is 26.8 Å². The first kappa shape index (κ1) is 13.5. The number of ether oxygens (including phenoxy) is 1. The summed E-state index contributed by atoms with van der Waals surface area (Å²) in [6, 6.07) is 0.829. The number of nitrogens with one attached hydrogen (secondary N) is 1. The van der Waals surface area contributed by atoms with Gasteiger partial charge in [0.05, 0.1) is 35.7 Å². The Labute approximate surface area is 128 Å². The second-order valence-corrected chi connectivity index (χ2v) is 6.98. The van der Waals surface area contributed by atoms with E-state index in [1.807, 2.05) is 18.7 Å². The van der Waals surface area contributed by atoms with E-state index in [0.717, 1.165) is 29.7 Å². The van der Waals surface area contributed by atoms with Crippen molar-refractivity contribution < 1.29 is 4.74 Å². The van der Waals surface area contributed by atoms with E-state index in [0.29, 0.717) is 12.1 Å². The van der Waals surface area contributed by atoms with Gasteiger partial charge in [0.15, 0.2) is 10.8 Å². The molecule has 2 aliphatic rings. The van der Waals surface area contributed by atoms with Gasteiger partial charge in [-0.25, -0.2) is 9.67 Å². The lowest BCUT2D eigenvalue weighted by Gasteiger charge is -2.27. The Hall–Kier alpha value is -1.18. The lowest BCUT2D eigenvalue weighted by molar-refractivity contribution is 0.159. The molecule has 2 aromatic rings. The summed E-state index contributed by atoms with van der Waals surface area (Å²) in [6.07, 6.45) is 2.63. The molecule has 2 aliphatic heterocycles. The van der Waals surface area contributed by atoms with Gasteiger partial charge >= 0.3 is 0 Å². The highest BCUT2D eigenvalue weighted by Crippen LogP contribution is 2.30. The highest BCUT2D eigenvalue weighted by molar-refractivity contribution is 7.22. The number of fused-ring (bicyclic) bond motifs is 1. The van der Waals surface area contributed by atoms with Crippen molar-refractivity contribution in [3.63, 3.8) is 0 Å².